The fourth-order valence-electron chi connectivity index (χ4n) is 3.55. The van der Waals surface area contributed by atoms with Crippen molar-refractivity contribution in [1.82, 2.24) is 10.6 Å². The first-order valence-corrected chi connectivity index (χ1v) is 8.99. The fourth-order valence-corrected chi connectivity index (χ4v) is 3.55. The average Bonchev–Trinajstić information content (AvgIpc) is 2.67. The van der Waals surface area contributed by atoms with Crippen LogP contribution in [0, 0.1) is 0 Å². The lowest BCUT2D eigenvalue weighted by Crippen LogP contribution is -2.45. The number of benzene rings is 2. The Labute approximate surface area is 157 Å². The highest BCUT2D eigenvalue weighted by molar-refractivity contribution is 5.85. The molecule has 0 aromatic heterocycles. The third-order valence-electron chi connectivity index (χ3n) is 4.92. The second kappa shape index (κ2) is 9.81. The van der Waals surface area contributed by atoms with Crippen LogP contribution in [0.15, 0.2) is 48.5 Å². The lowest BCUT2D eigenvalue weighted by molar-refractivity contribution is 0.303. The Balaban J connectivity index is 0.00000225. The number of hydrogen-bond acceptors (Lipinski definition) is 3. The highest BCUT2D eigenvalue weighted by Crippen LogP contribution is 2.25. The van der Waals surface area contributed by atoms with Gasteiger partial charge in [-0.1, -0.05) is 49.4 Å². The molecule has 0 saturated carbocycles. The Kier molecular flexibility index (Phi) is 7.76. The minimum absolute atomic E-state index is 0. The van der Waals surface area contributed by atoms with E-state index in [0.29, 0.717) is 12.1 Å². The number of aryl methyl sites for hydroxylation is 1. The molecular formula is C21H29ClN2O. The Morgan fingerprint density at radius 3 is 2.68 bits per heavy atom. The summed E-state index contributed by atoms with van der Waals surface area (Å²) in [5, 5.41) is 7.45. The molecule has 3 rings (SSSR count). The van der Waals surface area contributed by atoms with Crippen LogP contribution in [0.2, 0.25) is 0 Å². The van der Waals surface area contributed by atoms with Gasteiger partial charge in [0, 0.05) is 24.2 Å². The molecule has 2 aromatic rings. The maximum Gasteiger partial charge on any atom is 0.123 e. The summed E-state index contributed by atoms with van der Waals surface area (Å²) in [5.74, 6) is 0.972. The van der Waals surface area contributed by atoms with E-state index in [4.69, 9.17) is 4.74 Å². The van der Waals surface area contributed by atoms with Gasteiger partial charge in [-0.05, 0) is 43.0 Å². The van der Waals surface area contributed by atoms with E-state index >= 15 is 0 Å². The van der Waals surface area contributed by atoms with Crippen molar-refractivity contribution in [3.05, 3.63) is 65.2 Å². The van der Waals surface area contributed by atoms with Gasteiger partial charge >= 0.3 is 0 Å². The molecule has 0 aliphatic carbocycles. The van der Waals surface area contributed by atoms with Crippen LogP contribution in [-0.2, 0) is 13.0 Å². The molecule has 2 aromatic carbocycles. The van der Waals surface area contributed by atoms with E-state index in [2.05, 4.69) is 66.1 Å². The van der Waals surface area contributed by atoms with Gasteiger partial charge in [0.2, 0.25) is 0 Å². The molecular weight excluding hydrogens is 332 g/mol. The summed E-state index contributed by atoms with van der Waals surface area (Å²) >= 11 is 0. The van der Waals surface area contributed by atoms with Crippen LogP contribution in [-0.4, -0.2) is 19.7 Å². The molecule has 136 valence electrons. The van der Waals surface area contributed by atoms with Crippen LogP contribution in [0.5, 0.6) is 5.75 Å². The third kappa shape index (κ3) is 4.97. The highest BCUT2D eigenvalue weighted by atomic mass is 35.5. The number of ether oxygens (including phenoxy) is 1. The normalized spacial score (nSPS) is 19.9. The molecule has 4 heteroatoms. The monoisotopic (exact) mass is 360 g/mol. The first-order chi connectivity index (χ1) is 11.8. The minimum atomic E-state index is 0. The van der Waals surface area contributed by atoms with Gasteiger partial charge in [-0.2, -0.15) is 0 Å². The van der Waals surface area contributed by atoms with E-state index in [1.165, 1.54) is 29.5 Å². The van der Waals surface area contributed by atoms with Gasteiger partial charge < -0.3 is 15.4 Å². The molecule has 1 heterocycles. The number of hydrogen-bond donors (Lipinski definition) is 2. The van der Waals surface area contributed by atoms with Crippen molar-refractivity contribution in [3.8, 4) is 5.75 Å². The van der Waals surface area contributed by atoms with Crippen molar-refractivity contribution in [2.45, 2.75) is 44.8 Å². The topological polar surface area (TPSA) is 33.3 Å². The first-order valence-electron chi connectivity index (χ1n) is 8.99. The second-order valence-corrected chi connectivity index (χ2v) is 6.47. The smallest absolute Gasteiger partial charge is 0.123 e. The van der Waals surface area contributed by atoms with Crippen molar-refractivity contribution in [3.63, 3.8) is 0 Å². The van der Waals surface area contributed by atoms with E-state index in [1.54, 1.807) is 7.11 Å². The predicted molar refractivity (Wildman–Crippen MR) is 107 cm³/mol. The summed E-state index contributed by atoms with van der Waals surface area (Å²) in [7, 11) is 1.75. The molecule has 3 nitrogen and oxygen atoms in total. The third-order valence-corrected chi connectivity index (χ3v) is 4.92. The quantitative estimate of drug-likeness (QED) is 0.807. The van der Waals surface area contributed by atoms with Gasteiger partial charge in [0.05, 0.1) is 7.11 Å². The van der Waals surface area contributed by atoms with Crippen LogP contribution in [0.4, 0.5) is 0 Å². The molecule has 0 spiro atoms. The summed E-state index contributed by atoms with van der Waals surface area (Å²) < 4.78 is 5.54. The summed E-state index contributed by atoms with van der Waals surface area (Å²) in [4.78, 5) is 0. The molecule has 2 atom stereocenters. The first kappa shape index (κ1) is 19.8. The van der Waals surface area contributed by atoms with Crippen molar-refractivity contribution >= 4 is 12.4 Å². The average molecular weight is 361 g/mol. The van der Waals surface area contributed by atoms with Crippen molar-refractivity contribution in [2.24, 2.45) is 0 Å². The Hall–Kier alpha value is -1.55. The van der Waals surface area contributed by atoms with Crippen molar-refractivity contribution in [2.75, 3.05) is 13.7 Å². The van der Waals surface area contributed by atoms with E-state index < -0.39 is 0 Å². The van der Waals surface area contributed by atoms with Crippen LogP contribution in [0.1, 0.15) is 42.5 Å². The van der Waals surface area contributed by atoms with Gasteiger partial charge in [-0.15, -0.1) is 12.4 Å². The van der Waals surface area contributed by atoms with Crippen molar-refractivity contribution in [1.29, 1.82) is 0 Å². The summed E-state index contributed by atoms with van der Waals surface area (Å²) in [5.41, 5.74) is 3.96. The molecule has 2 N–H and O–H groups in total. The summed E-state index contributed by atoms with van der Waals surface area (Å²) in [6, 6.07) is 18.1. The van der Waals surface area contributed by atoms with Crippen molar-refractivity contribution < 1.29 is 4.74 Å². The van der Waals surface area contributed by atoms with Crippen LogP contribution in [0.25, 0.3) is 0 Å². The fraction of sp³-hybridized carbons (Fsp3) is 0.429. The number of rotatable bonds is 6. The molecule has 0 unspecified atom stereocenters. The van der Waals surface area contributed by atoms with E-state index in [9.17, 15) is 0 Å². The molecule has 1 aliphatic rings. The standard InChI is InChI=1S/C21H28N2O.ClH/c1-3-16-11-12-20(24-2)18(14-16)15-23-19-10-7-13-22-21(19)17-8-5-4-6-9-17;/h4-6,8-9,11-12,14,19,21-23H,3,7,10,13,15H2,1-2H3;1H/t19-,21-;/m0./s1. The maximum absolute atomic E-state index is 5.54. The Morgan fingerprint density at radius 1 is 1.16 bits per heavy atom. The number of nitrogens with one attached hydrogen (secondary N) is 2. The zero-order chi connectivity index (χ0) is 16.8. The molecule has 1 saturated heterocycles. The van der Waals surface area contributed by atoms with Gasteiger partial charge in [0.15, 0.2) is 0 Å². The van der Waals surface area contributed by atoms with Crippen LogP contribution in [0.3, 0.4) is 0 Å². The molecule has 1 fully saturated rings. The van der Waals surface area contributed by atoms with Gasteiger partial charge in [0.1, 0.15) is 5.75 Å². The zero-order valence-electron chi connectivity index (χ0n) is 15.1. The van der Waals surface area contributed by atoms with Crippen LogP contribution < -0.4 is 15.4 Å². The van der Waals surface area contributed by atoms with E-state index in [0.717, 1.165) is 25.3 Å². The zero-order valence-corrected chi connectivity index (χ0v) is 15.9. The highest BCUT2D eigenvalue weighted by Gasteiger charge is 2.25. The maximum atomic E-state index is 5.54. The number of piperidine rings is 1. The van der Waals surface area contributed by atoms with E-state index in [-0.39, 0.29) is 12.4 Å². The number of halogens is 1. The number of methoxy groups -OCH3 is 1. The largest absolute Gasteiger partial charge is 0.496 e. The minimum Gasteiger partial charge on any atom is -0.496 e. The molecule has 25 heavy (non-hydrogen) atoms. The second-order valence-electron chi connectivity index (χ2n) is 6.47. The predicted octanol–water partition coefficient (Wildman–Crippen LogP) is 4.26. The molecule has 0 amide bonds. The van der Waals surface area contributed by atoms with E-state index in [1.807, 2.05) is 0 Å². The van der Waals surface area contributed by atoms with Gasteiger partial charge in [-0.25, -0.2) is 0 Å². The van der Waals surface area contributed by atoms with Gasteiger partial charge in [0.25, 0.3) is 0 Å². The van der Waals surface area contributed by atoms with Gasteiger partial charge in [-0.3, -0.25) is 0 Å². The summed E-state index contributed by atoms with van der Waals surface area (Å²) in [6.07, 6.45) is 3.46. The Bertz CT molecular complexity index is 648. The summed E-state index contributed by atoms with van der Waals surface area (Å²) in [6.45, 7) is 4.12. The molecule has 0 radical (unpaired) electrons. The Morgan fingerprint density at radius 2 is 1.96 bits per heavy atom. The molecule has 1 aliphatic heterocycles. The van der Waals surface area contributed by atoms with Crippen LogP contribution >= 0.6 is 12.4 Å². The lowest BCUT2D eigenvalue weighted by Gasteiger charge is -2.34. The SMILES string of the molecule is CCc1ccc(OC)c(CN[C@H]2CCCN[C@H]2c2ccccc2)c1.Cl. The lowest BCUT2D eigenvalue weighted by atomic mass is 9.92. The molecule has 0 bridgehead atoms.